The Bertz CT molecular complexity index is 465. The normalized spacial score (nSPS) is 15.6. The highest BCUT2D eigenvalue weighted by Gasteiger charge is 2.32. The minimum Gasteiger partial charge on any atom is -0.497 e. The maximum atomic E-state index is 11.6. The fourth-order valence-corrected chi connectivity index (χ4v) is 1.83. The van der Waals surface area contributed by atoms with Gasteiger partial charge in [-0.1, -0.05) is 12.1 Å². The highest BCUT2D eigenvalue weighted by Crippen LogP contribution is 2.29. The fraction of sp³-hybridized carbons (Fsp3) is 0.429. The van der Waals surface area contributed by atoms with Crippen LogP contribution in [0.3, 0.4) is 0 Å². The van der Waals surface area contributed by atoms with Crippen LogP contribution in [0.5, 0.6) is 5.75 Å². The smallest absolute Gasteiger partial charge is 0.326 e. The minimum absolute atomic E-state index is 0.0118. The minimum atomic E-state index is -1.01. The molecule has 5 nitrogen and oxygen atoms in total. The highest BCUT2D eigenvalue weighted by atomic mass is 16.5. The Morgan fingerprint density at radius 3 is 2.47 bits per heavy atom. The molecule has 0 saturated heterocycles. The second kappa shape index (κ2) is 5.73. The zero-order chi connectivity index (χ0) is 13.8. The van der Waals surface area contributed by atoms with E-state index < -0.39 is 12.0 Å². The summed E-state index contributed by atoms with van der Waals surface area (Å²) in [6.45, 7) is 0. The van der Waals surface area contributed by atoms with Gasteiger partial charge >= 0.3 is 5.97 Å². The number of amides is 1. The molecular weight excluding hydrogens is 246 g/mol. The van der Waals surface area contributed by atoms with E-state index in [4.69, 9.17) is 9.84 Å². The lowest BCUT2D eigenvalue weighted by atomic mass is 10.1. The predicted octanol–water partition coefficient (Wildman–Crippen LogP) is 1.22. The number of hydrogen-bond donors (Lipinski definition) is 2. The van der Waals surface area contributed by atoms with Crippen molar-refractivity contribution in [1.29, 1.82) is 0 Å². The van der Waals surface area contributed by atoms with Crippen LogP contribution in [0, 0.1) is 5.92 Å². The van der Waals surface area contributed by atoms with Crippen LogP contribution in [0.15, 0.2) is 24.3 Å². The number of nitrogens with one attached hydrogen (secondary N) is 1. The number of carbonyl (C=O) groups excluding carboxylic acids is 1. The van der Waals surface area contributed by atoms with Crippen molar-refractivity contribution < 1.29 is 19.4 Å². The van der Waals surface area contributed by atoms with Gasteiger partial charge in [-0.25, -0.2) is 4.79 Å². The van der Waals surface area contributed by atoms with Gasteiger partial charge in [0.2, 0.25) is 5.91 Å². The van der Waals surface area contributed by atoms with Gasteiger partial charge in [-0.05, 0) is 30.5 Å². The Hall–Kier alpha value is -2.04. The maximum Gasteiger partial charge on any atom is 0.326 e. The number of carbonyl (C=O) groups is 2. The number of methoxy groups -OCH3 is 1. The number of carboxylic acid groups (broad SMARTS) is 1. The molecule has 1 fully saturated rings. The summed E-state index contributed by atoms with van der Waals surface area (Å²) in [4.78, 5) is 22.8. The largest absolute Gasteiger partial charge is 0.497 e. The molecule has 0 heterocycles. The Labute approximate surface area is 111 Å². The molecule has 1 atom stereocenters. The van der Waals surface area contributed by atoms with Gasteiger partial charge < -0.3 is 15.2 Å². The molecule has 2 rings (SSSR count). The molecule has 0 aromatic heterocycles. The molecule has 2 N–H and O–H groups in total. The number of rotatable bonds is 6. The number of ether oxygens (including phenoxy) is 1. The van der Waals surface area contributed by atoms with E-state index in [-0.39, 0.29) is 18.2 Å². The van der Waals surface area contributed by atoms with Gasteiger partial charge in [-0.3, -0.25) is 4.79 Å². The third-order valence-corrected chi connectivity index (χ3v) is 3.16. The molecule has 0 unspecified atom stereocenters. The zero-order valence-corrected chi connectivity index (χ0v) is 10.8. The Kier molecular flexibility index (Phi) is 4.04. The van der Waals surface area contributed by atoms with E-state index >= 15 is 0 Å². The molecule has 1 aliphatic carbocycles. The molecule has 0 radical (unpaired) electrons. The number of benzene rings is 1. The van der Waals surface area contributed by atoms with Crippen molar-refractivity contribution in [3.05, 3.63) is 29.8 Å². The number of carboxylic acids is 1. The lowest BCUT2D eigenvalue weighted by Gasteiger charge is -2.14. The lowest BCUT2D eigenvalue weighted by Crippen LogP contribution is -2.43. The second-order valence-corrected chi connectivity index (χ2v) is 4.73. The highest BCUT2D eigenvalue weighted by molar-refractivity contribution is 5.86. The van der Waals surface area contributed by atoms with E-state index in [1.165, 1.54) is 0 Å². The second-order valence-electron chi connectivity index (χ2n) is 4.73. The van der Waals surface area contributed by atoms with Gasteiger partial charge in [0.25, 0.3) is 0 Å². The van der Waals surface area contributed by atoms with Crippen molar-refractivity contribution in [1.82, 2.24) is 5.32 Å². The number of aliphatic carboxylic acids is 1. The van der Waals surface area contributed by atoms with Crippen molar-refractivity contribution in [3.63, 3.8) is 0 Å². The lowest BCUT2D eigenvalue weighted by molar-refractivity contribution is -0.142. The first-order chi connectivity index (χ1) is 9.10. The van der Waals surface area contributed by atoms with Crippen molar-refractivity contribution in [2.75, 3.05) is 7.11 Å². The van der Waals surface area contributed by atoms with Crippen LogP contribution < -0.4 is 10.1 Å². The molecule has 1 aromatic rings. The average molecular weight is 263 g/mol. The summed E-state index contributed by atoms with van der Waals surface area (Å²) in [5, 5.41) is 11.7. The van der Waals surface area contributed by atoms with Gasteiger partial charge in [0.15, 0.2) is 0 Å². The molecule has 1 aliphatic rings. The van der Waals surface area contributed by atoms with Crippen LogP contribution in [-0.2, 0) is 16.0 Å². The average Bonchev–Trinajstić information content (AvgIpc) is 3.23. The molecule has 5 heteroatoms. The van der Waals surface area contributed by atoms with E-state index in [0.29, 0.717) is 0 Å². The van der Waals surface area contributed by atoms with Gasteiger partial charge in [0.1, 0.15) is 11.8 Å². The molecule has 19 heavy (non-hydrogen) atoms. The van der Waals surface area contributed by atoms with Crippen LogP contribution in [0.1, 0.15) is 18.4 Å². The van der Waals surface area contributed by atoms with E-state index in [1.807, 2.05) is 0 Å². The number of hydrogen-bond acceptors (Lipinski definition) is 3. The Morgan fingerprint density at radius 2 is 2.00 bits per heavy atom. The summed E-state index contributed by atoms with van der Waals surface area (Å²) >= 11 is 0. The maximum absolute atomic E-state index is 11.6. The SMILES string of the molecule is COc1ccc(C[C@H](NC(=O)C2CC2)C(=O)O)cc1. The zero-order valence-electron chi connectivity index (χ0n) is 10.8. The molecule has 1 aromatic carbocycles. The van der Waals surface area contributed by atoms with Gasteiger partial charge in [0, 0.05) is 12.3 Å². The van der Waals surface area contributed by atoms with E-state index in [1.54, 1.807) is 31.4 Å². The molecule has 0 bridgehead atoms. The summed E-state index contributed by atoms with van der Waals surface area (Å²) in [7, 11) is 1.57. The standard InChI is InChI=1S/C14H17NO4/c1-19-11-6-2-9(3-7-11)8-12(14(17)18)15-13(16)10-4-5-10/h2-3,6-7,10,12H,4-5,8H2,1H3,(H,15,16)(H,17,18)/t12-/m0/s1. The summed E-state index contributed by atoms with van der Waals surface area (Å²) < 4.78 is 5.04. The first kappa shape index (κ1) is 13.4. The summed E-state index contributed by atoms with van der Waals surface area (Å²) in [6, 6.07) is 6.28. The predicted molar refractivity (Wildman–Crippen MR) is 69.0 cm³/mol. The van der Waals surface area contributed by atoms with Gasteiger partial charge in [-0.15, -0.1) is 0 Å². The van der Waals surface area contributed by atoms with Crippen molar-refractivity contribution in [2.45, 2.75) is 25.3 Å². The molecule has 0 spiro atoms. The third kappa shape index (κ3) is 3.71. The molecular formula is C14H17NO4. The van der Waals surface area contributed by atoms with Gasteiger partial charge in [-0.2, -0.15) is 0 Å². The fourth-order valence-electron chi connectivity index (χ4n) is 1.83. The Morgan fingerprint density at radius 1 is 1.37 bits per heavy atom. The van der Waals surface area contributed by atoms with Crippen LogP contribution in [0.2, 0.25) is 0 Å². The van der Waals surface area contributed by atoms with E-state index in [9.17, 15) is 9.59 Å². The first-order valence-electron chi connectivity index (χ1n) is 6.26. The molecule has 102 valence electrons. The Balaban J connectivity index is 1.98. The van der Waals surface area contributed by atoms with Crippen molar-refractivity contribution in [2.24, 2.45) is 5.92 Å². The molecule has 0 aliphatic heterocycles. The van der Waals surface area contributed by atoms with Crippen LogP contribution >= 0.6 is 0 Å². The van der Waals surface area contributed by atoms with Gasteiger partial charge in [0.05, 0.1) is 7.11 Å². The van der Waals surface area contributed by atoms with Crippen LogP contribution in [0.25, 0.3) is 0 Å². The van der Waals surface area contributed by atoms with E-state index in [2.05, 4.69) is 5.32 Å². The summed E-state index contributed by atoms with van der Waals surface area (Å²) in [5.41, 5.74) is 0.851. The monoisotopic (exact) mass is 263 g/mol. The third-order valence-electron chi connectivity index (χ3n) is 3.16. The van der Waals surface area contributed by atoms with Crippen molar-refractivity contribution >= 4 is 11.9 Å². The summed E-state index contributed by atoms with van der Waals surface area (Å²) in [5.74, 6) is -0.430. The first-order valence-corrected chi connectivity index (χ1v) is 6.26. The van der Waals surface area contributed by atoms with E-state index in [0.717, 1.165) is 24.2 Å². The summed E-state index contributed by atoms with van der Waals surface area (Å²) in [6.07, 6.45) is 2.00. The topological polar surface area (TPSA) is 75.6 Å². The molecule has 1 amide bonds. The van der Waals surface area contributed by atoms with Crippen molar-refractivity contribution in [3.8, 4) is 5.75 Å². The quantitative estimate of drug-likeness (QED) is 0.809. The molecule has 1 saturated carbocycles. The van der Waals surface area contributed by atoms with Crippen LogP contribution in [-0.4, -0.2) is 30.1 Å². The van der Waals surface area contributed by atoms with Crippen LogP contribution in [0.4, 0.5) is 0 Å².